The summed E-state index contributed by atoms with van der Waals surface area (Å²) in [6.45, 7) is -0.316. The molecule has 3 aromatic carbocycles. The van der Waals surface area contributed by atoms with E-state index < -0.39 is 72.1 Å². The van der Waals surface area contributed by atoms with E-state index in [4.69, 9.17) is 15.6 Å². The minimum Gasteiger partial charge on any atom is -0.482 e. The molecule has 15 nitrogen and oxygen atoms in total. The molecule has 0 aromatic heterocycles. The van der Waals surface area contributed by atoms with Crippen molar-refractivity contribution in [3.05, 3.63) is 77.9 Å². The lowest BCUT2D eigenvalue weighted by Gasteiger charge is -2.38. The van der Waals surface area contributed by atoms with Gasteiger partial charge in [0.25, 0.3) is 0 Å². The van der Waals surface area contributed by atoms with Crippen LogP contribution in [0.25, 0.3) is 10.8 Å². The van der Waals surface area contributed by atoms with Gasteiger partial charge in [0.1, 0.15) is 23.4 Å². The van der Waals surface area contributed by atoms with Gasteiger partial charge in [-0.05, 0) is 59.7 Å². The lowest BCUT2D eigenvalue weighted by molar-refractivity contribution is -0.151. The van der Waals surface area contributed by atoms with E-state index in [2.05, 4.69) is 21.3 Å². The summed E-state index contributed by atoms with van der Waals surface area (Å²) < 4.78 is 5.11. The molecule has 276 valence electrons. The third kappa shape index (κ3) is 11.0. The van der Waals surface area contributed by atoms with E-state index in [1.165, 1.54) is 24.3 Å². The number of hydrogen-bond acceptors (Lipinski definition) is 8. The average molecular weight is 718 g/mol. The Hall–Kier alpha value is -5.99. The fourth-order valence-electron chi connectivity index (χ4n) is 6.25. The van der Waals surface area contributed by atoms with Gasteiger partial charge >= 0.3 is 17.8 Å². The Morgan fingerprint density at radius 1 is 0.808 bits per heavy atom. The number of carbonyl (C=O) groups excluding carboxylic acids is 5. The highest BCUT2D eigenvalue weighted by Crippen LogP contribution is 2.29. The Morgan fingerprint density at radius 3 is 2.17 bits per heavy atom. The lowest BCUT2D eigenvalue weighted by atomic mass is 9.80. The summed E-state index contributed by atoms with van der Waals surface area (Å²) in [6, 6.07) is 17.2. The molecule has 4 rings (SSSR count). The normalized spacial score (nSPS) is 14.6. The molecule has 1 aliphatic rings. The minimum atomic E-state index is -1.82. The number of hydrogen-bond donors (Lipinski definition) is 7. The number of nitrogens with two attached hydrogens (primary N) is 1. The highest BCUT2D eigenvalue weighted by atomic mass is 16.5. The Balaban J connectivity index is 1.45. The molecule has 0 spiro atoms. The van der Waals surface area contributed by atoms with Crippen molar-refractivity contribution in [2.24, 2.45) is 5.73 Å². The second kappa shape index (κ2) is 18.3. The summed E-state index contributed by atoms with van der Waals surface area (Å²) in [6.07, 6.45) is 2.77. The van der Waals surface area contributed by atoms with Crippen LogP contribution in [0, 0.1) is 0 Å². The zero-order chi connectivity index (χ0) is 37.7. The maximum absolute atomic E-state index is 14.0. The molecule has 15 heteroatoms. The monoisotopic (exact) mass is 717 g/mol. The summed E-state index contributed by atoms with van der Waals surface area (Å²) in [7, 11) is 0. The van der Waals surface area contributed by atoms with Crippen LogP contribution >= 0.6 is 0 Å². The van der Waals surface area contributed by atoms with E-state index in [9.17, 15) is 38.7 Å². The predicted octanol–water partition coefficient (Wildman–Crippen LogP) is 1.34. The molecule has 52 heavy (non-hydrogen) atoms. The van der Waals surface area contributed by atoms with Gasteiger partial charge in [-0.1, -0.05) is 73.9 Å². The summed E-state index contributed by atoms with van der Waals surface area (Å²) >= 11 is 0. The first kappa shape index (κ1) is 38.8. The largest absolute Gasteiger partial charge is 0.482 e. The molecule has 3 aromatic rings. The number of ether oxygens (including phenoxy) is 1. The Labute approximate surface area is 299 Å². The number of benzene rings is 3. The molecule has 5 amide bonds. The van der Waals surface area contributed by atoms with E-state index in [0.29, 0.717) is 31.2 Å². The molecule has 0 radical (unpaired) electrons. The van der Waals surface area contributed by atoms with Crippen LogP contribution in [0.3, 0.4) is 0 Å². The Kier molecular flexibility index (Phi) is 13.7. The maximum Gasteiger partial charge on any atom is 0.394 e. The van der Waals surface area contributed by atoms with Crippen molar-refractivity contribution < 1.29 is 48.5 Å². The highest BCUT2D eigenvalue weighted by Gasteiger charge is 2.43. The molecule has 1 fully saturated rings. The second-order valence-electron chi connectivity index (χ2n) is 12.7. The third-order valence-corrected chi connectivity index (χ3v) is 8.87. The van der Waals surface area contributed by atoms with Crippen molar-refractivity contribution in [2.75, 3.05) is 13.2 Å². The zero-order valence-corrected chi connectivity index (χ0v) is 28.5. The van der Waals surface area contributed by atoms with Gasteiger partial charge in [-0.3, -0.25) is 24.0 Å². The van der Waals surface area contributed by atoms with Crippen LogP contribution < -0.4 is 31.7 Å². The van der Waals surface area contributed by atoms with E-state index in [1.807, 2.05) is 42.5 Å². The van der Waals surface area contributed by atoms with Gasteiger partial charge < -0.3 is 42.0 Å². The number of nitrogens with one attached hydrogen (secondary N) is 4. The first-order valence-electron chi connectivity index (χ1n) is 17.0. The number of aliphatic carboxylic acids is 2. The Bertz CT molecular complexity index is 1780. The van der Waals surface area contributed by atoms with Gasteiger partial charge in [-0.2, -0.15) is 0 Å². The molecular weight excluding hydrogens is 674 g/mol. The van der Waals surface area contributed by atoms with Crippen LogP contribution in [-0.4, -0.2) is 82.5 Å². The fourth-order valence-corrected chi connectivity index (χ4v) is 6.25. The lowest BCUT2D eigenvalue weighted by Crippen LogP contribution is -2.65. The van der Waals surface area contributed by atoms with E-state index in [-0.39, 0.29) is 31.6 Å². The molecule has 2 atom stereocenters. The number of amides is 5. The number of rotatable bonds is 17. The number of fused-ring (bicyclic) bond motifs is 1. The predicted molar refractivity (Wildman–Crippen MR) is 188 cm³/mol. The molecule has 8 N–H and O–H groups in total. The SMILES string of the molecule is NC(=O)C[C@H](NC(=O)C1(NC(=O)[C@H](Cc2ccc(OCC(=O)O)cc2)NC(=O)C(=O)O)CCCCC1)C(=O)NCCCc1cccc2ccccc12. The Morgan fingerprint density at radius 2 is 1.50 bits per heavy atom. The fraction of sp³-hybridized carbons (Fsp3) is 0.378. The van der Waals surface area contributed by atoms with Crippen LogP contribution in [-0.2, 0) is 46.4 Å². The van der Waals surface area contributed by atoms with E-state index >= 15 is 0 Å². The topological polar surface area (TPSA) is 243 Å². The maximum atomic E-state index is 14.0. The summed E-state index contributed by atoms with van der Waals surface area (Å²) in [5, 5.41) is 30.6. The number of primary amides is 1. The van der Waals surface area contributed by atoms with Crippen molar-refractivity contribution in [3.8, 4) is 5.75 Å². The smallest absolute Gasteiger partial charge is 0.394 e. The molecule has 0 bridgehead atoms. The molecule has 0 saturated heterocycles. The average Bonchev–Trinajstić information content (AvgIpc) is 3.12. The van der Waals surface area contributed by atoms with Crippen LogP contribution in [0.5, 0.6) is 5.75 Å². The van der Waals surface area contributed by atoms with Crippen LogP contribution in [0.15, 0.2) is 66.7 Å². The van der Waals surface area contributed by atoms with E-state index in [0.717, 1.165) is 22.8 Å². The number of aryl methyl sites for hydroxylation is 1. The van der Waals surface area contributed by atoms with Gasteiger partial charge in [0.05, 0.1) is 6.42 Å². The van der Waals surface area contributed by atoms with Crippen molar-refractivity contribution in [1.82, 2.24) is 21.3 Å². The van der Waals surface area contributed by atoms with Crippen LogP contribution in [0.1, 0.15) is 56.1 Å². The zero-order valence-electron chi connectivity index (χ0n) is 28.5. The second-order valence-corrected chi connectivity index (χ2v) is 12.7. The summed E-state index contributed by atoms with van der Waals surface area (Å²) in [5.41, 5.74) is 5.48. The molecule has 1 aliphatic carbocycles. The summed E-state index contributed by atoms with van der Waals surface area (Å²) in [5.74, 6) is -7.21. The van der Waals surface area contributed by atoms with E-state index in [1.54, 1.807) is 0 Å². The van der Waals surface area contributed by atoms with Gasteiger partial charge in [-0.15, -0.1) is 0 Å². The van der Waals surface area contributed by atoms with Crippen LogP contribution in [0.2, 0.25) is 0 Å². The van der Waals surface area contributed by atoms with Gasteiger partial charge in [0.2, 0.25) is 23.6 Å². The number of carboxylic acids is 2. The molecule has 0 heterocycles. The number of carboxylic acid groups (broad SMARTS) is 2. The quantitative estimate of drug-likeness (QED) is 0.0781. The molecule has 0 unspecified atom stereocenters. The molecule has 0 aliphatic heterocycles. The standard InChI is InChI=1S/C37H43N5O10/c38-30(43)21-29(32(46)39-19-7-11-25-10-6-9-24-8-2-3-12-27(24)25)41-36(51)37(17-4-1-5-18-37)42-33(47)28(40-34(48)35(49)50)20-23-13-15-26(16-14-23)52-22-31(44)45/h2-3,6,8-10,12-16,28-29H,1,4-5,7,11,17-22H2,(H2,38,43)(H,39,46)(H,40,48)(H,41,51)(H,42,47)(H,44,45)(H,49,50)/t28-,29-/m0/s1. The first-order valence-corrected chi connectivity index (χ1v) is 17.0. The minimum absolute atomic E-state index is 0.176. The molecular formula is C37H43N5O10. The van der Waals surface area contributed by atoms with Crippen molar-refractivity contribution in [3.63, 3.8) is 0 Å². The first-order chi connectivity index (χ1) is 24.9. The van der Waals surface area contributed by atoms with Gasteiger partial charge in [0, 0.05) is 13.0 Å². The third-order valence-electron chi connectivity index (χ3n) is 8.87. The van der Waals surface area contributed by atoms with Crippen molar-refractivity contribution >= 4 is 52.2 Å². The van der Waals surface area contributed by atoms with Crippen molar-refractivity contribution in [1.29, 1.82) is 0 Å². The van der Waals surface area contributed by atoms with Gasteiger partial charge in [0.15, 0.2) is 6.61 Å². The molecule has 1 saturated carbocycles. The summed E-state index contributed by atoms with van der Waals surface area (Å²) in [4.78, 5) is 87.3. The van der Waals surface area contributed by atoms with Crippen molar-refractivity contribution in [2.45, 2.75) is 75.4 Å². The van der Waals surface area contributed by atoms with Crippen LogP contribution in [0.4, 0.5) is 0 Å². The number of carbonyl (C=O) groups is 7. The van der Waals surface area contributed by atoms with Gasteiger partial charge in [-0.25, -0.2) is 9.59 Å². The highest BCUT2D eigenvalue weighted by molar-refractivity contribution is 6.32.